The molecular formula is C20H23FN2O5S. The number of sulfonamides is 1. The van der Waals surface area contributed by atoms with Crippen molar-refractivity contribution in [3.63, 3.8) is 0 Å². The number of halogens is 1. The average molecular weight is 422 g/mol. The van der Waals surface area contributed by atoms with Gasteiger partial charge in [0.2, 0.25) is 10.0 Å². The summed E-state index contributed by atoms with van der Waals surface area (Å²) in [6, 6.07) is 11.4. The number of carbonyl (C=O) groups excluding carboxylic acids is 2. The van der Waals surface area contributed by atoms with Gasteiger partial charge in [0.25, 0.3) is 5.91 Å². The van der Waals surface area contributed by atoms with E-state index in [0.29, 0.717) is 5.69 Å². The molecule has 156 valence electrons. The number of carbonyl (C=O) groups is 2. The molecule has 2 aromatic rings. The molecule has 1 amide bonds. The summed E-state index contributed by atoms with van der Waals surface area (Å²) in [7, 11) is -4.01. The van der Waals surface area contributed by atoms with Crippen LogP contribution in [0.1, 0.15) is 32.3 Å². The van der Waals surface area contributed by atoms with Gasteiger partial charge in [0.1, 0.15) is 12.4 Å². The van der Waals surface area contributed by atoms with E-state index in [-0.39, 0.29) is 10.8 Å². The van der Waals surface area contributed by atoms with Gasteiger partial charge in [-0.1, -0.05) is 32.0 Å². The summed E-state index contributed by atoms with van der Waals surface area (Å²) >= 11 is 0. The quantitative estimate of drug-likeness (QED) is 0.637. The molecule has 0 aromatic heterocycles. The van der Waals surface area contributed by atoms with Crippen LogP contribution in [-0.2, 0) is 24.3 Å². The number of hydrogen-bond acceptors (Lipinski definition) is 5. The van der Waals surface area contributed by atoms with Crippen LogP contribution in [-0.4, -0.2) is 32.9 Å². The maximum absolute atomic E-state index is 12.9. The van der Waals surface area contributed by atoms with Crippen molar-refractivity contribution >= 4 is 27.6 Å². The lowest BCUT2D eigenvalue weighted by Crippen LogP contribution is -2.36. The first-order valence-corrected chi connectivity index (χ1v) is 10.4. The molecule has 0 saturated heterocycles. The number of amides is 1. The monoisotopic (exact) mass is 422 g/mol. The summed E-state index contributed by atoms with van der Waals surface area (Å²) in [4.78, 5) is 24.1. The first-order valence-electron chi connectivity index (χ1n) is 8.94. The maximum Gasteiger partial charge on any atom is 0.321 e. The first kappa shape index (κ1) is 22.5. The number of anilines is 1. The second-order valence-electron chi connectivity index (χ2n) is 6.64. The smallest absolute Gasteiger partial charge is 0.321 e. The van der Waals surface area contributed by atoms with Crippen LogP contribution in [0.4, 0.5) is 10.1 Å². The van der Waals surface area contributed by atoms with Crippen LogP contribution >= 0.6 is 0 Å². The fourth-order valence-electron chi connectivity index (χ4n) is 2.49. The molecule has 9 heteroatoms. The number of esters is 1. The molecule has 2 aromatic carbocycles. The Labute approximate surface area is 169 Å². The van der Waals surface area contributed by atoms with E-state index in [2.05, 4.69) is 10.0 Å². The molecular weight excluding hydrogens is 399 g/mol. The van der Waals surface area contributed by atoms with Crippen LogP contribution in [0.15, 0.2) is 53.4 Å². The fourth-order valence-corrected chi connectivity index (χ4v) is 3.46. The summed E-state index contributed by atoms with van der Waals surface area (Å²) in [5, 5.41) is 2.71. The van der Waals surface area contributed by atoms with E-state index < -0.39 is 40.4 Å². The van der Waals surface area contributed by atoms with Crippen molar-refractivity contribution in [2.45, 2.75) is 37.7 Å². The van der Waals surface area contributed by atoms with E-state index in [1.807, 2.05) is 26.0 Å². The SMILES string of the molecule is CC(C)c1ccccc1NC(=O)[C@@H](C)OC(=O)CNS(=O)(=O)c1ccc(F)cc1. The van der Waals surface area contributed by atoms with Gasteiger partial charge in [0.05, 0.1) is 4.90 Å². The van der Waals surface area contributed by atoms with E-state index in [9.17, 15) is 22.4 Å². The van der Waals surface area contributed by atoms with Crippen molar-refractivity contribution in [1.82, 2.24) is 4.72 Å². The Kier molecular flexibility index (Phi) is 7.46. The highest BCUT2D eigenvalue weighted by Gasteiger charge is 2.21. The standard InChI is InChI=1S/C20H23FN2O5S/c1-13(2)17-6-4-5-7-18(17)23-20(25)14(3)28-19(24)12-22-29(26,27)16-10-8-15(21)9-11-16/h4-11,13-14,22H,12H2,1-3H3,(H,23,25)/t14-/m1/s1. The van der Waals surface area contributed by atoms with Crippen molar-refractivity contribution in [2.24, 2.45) is 0 Å². The van der Waals surface area contributed by atoms with Crippen molar-refractivity contribution in [2.75, 3.05) is 11.9 Å². The summed E-state index contributed by atoms with van der Waals surface area (Å²) in [5.74, 6) is -1.85. The van der Waals surface area contributed by atoms with Gasteiger partial charge in [-0.05, 0) is 48.7 Å². The second-order valence-corrected chi connectivity index (χ2v) is 8.41. The molecule has 0 unspecified atom stereocenters. The Morgan fingerprint density at radius 3 is 2.28 bits per heavy atom. The molecule has 2 rings (SSSR count). The van der Waals surface area contributed by atoms with Gasteiger partial charge in [-0.3, -0.25) is 9.59 Å². The summed E-state index contributed by atoms with van der Waals surface area (Å²) < 4.78 is 44.1. The van der Waals surface area contributed by atoms with Crippen LogP contribution in [0.3, 0.4) is 0 Å². The Balaban J connectivity index is 1.91. The topological polar surface area (TPSA) is 102 Å². The Morgan fingerprint density at radius 2 is 1.66 bits per heavy atom. The predicted molar refractivity (Wildman–Crippen MR) is 106 cm³/mol. The predicted octanol–water partition coefficient (Wildman–Crippen LogP) is 2.80. The third-order valence-corrected chi connectivity index (χ3v) is 5.47. The Hall–Kier alpha value is -2.78. The number of hydrogen-bond donors (Lipinski definition) is 2. The minimum atomic E-state index is -4.01. The van der Waals surface area contributed by atoms with Crippen molar-refractivity contribution in [3.8, 4) is 0 Å². The van der Waals surface area contributed by atoms with Crippen LogP contribution in [0, 0.1) is 5.82 Å². The van der Waals surface area contributed by atoms with E-state index in [1.165, 1.54) is 6.92 Å². The Morgan fingerprint density at radius 1 is 1.03 bits per heavy atom. The van der Waals surface area contributed by atoms with E-state index in [0.717, 1.165) is 29.8 Å². The minimum absolute atomic E-state index is 0.185. The largest absolute Gasteiger partial charge is 0.452 e. The number of nitrogens with one attached hydrogen (secondary N) is 2. The van der Waals surface area contributed by atoms with Crippen molar-refractivity contribution < 1.29 is 27.1 Å². The molecule has 0 radical (unpaired) electrons. The lowest BCUT2D eigenvalue weighted by molar-refractivity contribution is -0.151. The average Bonchev–Trinajstić information content (AvgIpc) is 2.67. The van der Waals surface area contributed by atoms with Gasteiger partial charge in [-0.15, -0.1) is 0 Å². The van der Waals surface area contributed by atoms with Crippen LogP contribution in [0.25, 0.3) is 0 Å². The number of para-hydroxylation sites is 1. The molecule has 0 aliphatic carbocycles. The highest BCUT2D eigenvalue weighted by atomic mass is 32.2. The molecule has 0 aliphatic rings. The third-order valence-electron chi connectivity index (χ3n) is 4.05. The van der Waals surface area contributed by atoms with Crippen molar-refractivity contribution in [3.05, 3.63) is 59.9 Å². The number of ether oxygens (including phenoxy) is 1. The van der Waals surface area contributed by atoms with Crippen LogP contribution in [0.2, 0.25) is 0 Å². The maximum atomic E-state index is 12.9. The molecule has 0 bridgehead atoms. The zero-order valence-corrected chi connectivity index (χ0v) is 17.1. The van der Waals surface area contributed by atoms with Crippen LogP contribution in [0.5, 0.6) is 0 Å². The molecule has 1 atom stereocenters. The number of benzene rings is 2. The van der Waals surface area contributed by atoms with Gasteiger partial charge >= 0.3 is 5.97 Å². The molecule has 2 N–H and O–H groups in total. The zero-order valence-electron chi connectivity index (χ0n) is 16.3. The van der Waals surface area contributed by atoms with E-state index in [4.69, 9.17) is 4.74 Å². The first-order chi connectivity index (χ1) is 13.6. The normalized spacial score (nSPS) is 12.4. The van der Waals surface area contributed by atoms with Gasteiger partial charge in [-0.2, -0.15) is 4.72 Å². The van der Waals surface area contributed by atoms with Crippen LogP contribution < -0.4 is 10.0 Å². The highest BCUT2D eigenvalue weighted by molar-refractivity contribution is 7.89. The van der Waals surface area contributed by atoms with Gasteiger partial charge in [0, 0.05) is 5.69 Å². The molecule has 0 aliphatic heterocycles. The van der Waals surface area contributed by atoms with Gasteiger partial charge in [0.15, 0.2) is 6.10 Å². The lowest BCUT2D eigenvalue weighted by atomic mass is 10.0. The molecule has 0 heterocycles. The Bertz CT molecular complexity index is 975. The fraction of sp³-hybridized carbons (Fsp3) is 0.300. The zero-order chi connectivity index (χ0) is 21.6. The second kappa shape index (κ2) is 9.62. The molecule has 29 heavy (non-hydrogen) atoms. The van der Waals surface area contributed by atoms with Gasteiger partial charge < -0.3 is 10.1 Å². The molecule has 0 spiro atoms. The lowest BCUT2D eigenvalue weighted by Gasteiger charge is -2.17. The van der Waals surface area contributed by atoms with E-state index >= 15 is 0 Å². The van der Waals surface area contributed by atoms with Gasteiger partial charge in [-0.25, -0.2) is 12.8 Å². The highest BCUT2D eigenvalue weighted by Crippen LogP contribution is 2.23. The van der Waals surface area contributed by atoms with E-state index in [1.54, 1.807) is 12.1 Å². The minimum Gasteiger partial charge on any atom is -0.452 e. The molecule has 0 fully saturated rings. The number of rotatable bonds is 8. The molecule has 7 nitrogen and oxygen atoms in total. The molecule has 0 saturated carbocycles. The summed E-state index contributed by atoms with van der Waals surface area (Å²) in [6.45, 7) is 4.70. The van der Waals surface area contributed by atoms with Crippen molar-refractivity contribution in [1.29, 1.82) is 0 Å². The third kappa shape index (κ3) is 6.37. The summed E-state index contributed by atoms with van der Waals surface area (Å²) in [6.07, 6.45) is -1.13. The summed E-state index contributed by atoms with van der Waals surface area (Å²) in [5.41, 5.74) is 1.55.